The van der Waals surface area contributed by atoms with E-state index in [0.29, 0.717) is 48.5 Å². The Bertz CT molecular complexity index is 640. The highest BCUT2D eigenvalue weighted by Gasteiger charge is 2.29. The second-order valence-electron chi connectivity index (χ2n) is 5.41. The maximum atomic E-state index is 12.1. The van der Waals surface area contributed by atoms with Crippen LogP contribution in [0.3, 0.4) is 0 Å². The molecule has 0 saturated heterocycles. The lowest BCUT2D eigenvalue weighted by atomic mass is 10.2. The van der Waals surface area contributed by atoms with Gasteiger partial charge in [0, 0.05) is 31.5 Å². The Morgan fingerprint density at radius 2 is 2.08 bits per heavy atom. The van der Waals surface area contributed by atoms with Crippen molar-refractivity contribution in [2.24, 2.45) is 4.99 Å². The number of nitrogens with zero attached hydrogens (tertiary/aromatic N) is 2. The summed E-state index contributed by atoms with van der Waals surface area (Å²) in [5.74, 6) is 0.889. The van der Waals surface area contributed by atoms with Crippen molar-refractivity contribution in [3.63, 3.8) is 0 Å². The average Bonchev–Trinajstić information content (AvgIpc) is 3.13. The minimum atomic E-state index is -0.514. The molecule has 1 N–H and O–H groups in total. The first-order chi connectivity index (χ1) is 12.6. The molecule has 26 heavy (non-hydrogen) atoms. The normalized spacial score (nSPS) is 16.4. The number of phenolic OH excluding ortho intramolecular Hbond substituents is 1. The number of hydrogen-bond donors (Lipinski definition) is 1. The third kappa shape index (κ3) is 5.60. The Labute approximate surface area is 157 Å². The van der Waals surface area contributed by atoms with Crippen molar-refractivity contribution in [1.82, 2.24) is 5.06 Å². The number of aromatic hydroxyl groups is 1. The largest absolute Gasteiger partial charge is 0.507 e. The van der Waals surface area contributed by atoms with Crippen LogP contribution in [0.4, 0.5) is 0 Å². The van der Waals surface area contributed by atoms with Crippen LogP contribution in [-0.4, -0.2) is 80.6 Å². The third-order valence-corrected chi connectivity index (χ3v) is 4.73. The number of methoxy groups -OCH3 is 1. The number of amides is 1. The first-order valence-electron chi connectivity index (χ1n) is 8.12. The maximum Gasteiger partial charge on any atom is 0.271 e. The number of phenols is 1. The topological polar surface area (TPSA) is 89.8 Å². The summed E-state index contributed by atoms with van der Waals surface area (Å²) in [5, 5.41) is 12.0. The van der Waals surface area contributed by atoms with E-state index in [-0.39, 0.29) is 11.7 Å². The Hall–Kier alpha value is -1.81. The molecule has 0 bridgehead atoms. The van der Waals surface area contributed by atoms with Crippen LogP contribution in [0.5, 0.6) is 11.5 Å². The van der Waals surface area contributed by atoms with Gasteiger partial charge in [-0.2, -0.15) is 0 Å². The number of carbonyl (C=O) groups excluding carboxylic acids is 1. The molecule has 1 aromatic carbocycles. The molecule has 1 aliphatic rings. The lowest BCUT2D eigenvalue weighted by Gasteiger charge is -2.15. The second kappa shape index (κ2) is 10.4. The van der Waals surface area contributed by atoms with E-state index in [2.05, 4.69) is 4.99 Å². The number of rotatable bonds is 10. The van der Waals surface area contributed by atoms with E-state index in [1.165, 1.54) is 24.9 Å². The Balaban J connectivity index is 1.92. The highest BCUT2D eigenvalue weighted by molar-refractivity contribution is 8.14. The monoisotopic (exact) mass is 384 g/mol. The van der Waals surface area contributed by atoms with Gasteiger partial charge in [0.2, 0.25) is 0 Å². The van der Waals surface area contributed by atoms with E-state index in [4.69, 9.17) is 19.0 Å². The molecule has 1 aromatic rings. The molecule has 0 unspecified atom stereocenters. The molecule has 0 aliphatic carbocycles. The molecule has 0 spiro atoms. The Kier molecular flexibility index (Phi) is 8.17. The van der Waals surface area contributed by atoms with Gasteiger partial charge in [0.1, 0.15) is 29.2 Å². The number of thioether (sulfide) groups is 1. The summed E-state index contributed by atoms with van der Waals surface area (Å²) in [7, 11) is 4.59. The molecule has 0 aromatic heterocycles. The number of carbonyl (C=O) groups is 1. The fourth-order valence-electron chi connectivity index (χ4n) is 2.19. The summed E-state index contributed by atoms with van der Waals surface area (Å²) in [6.07, 6.45) is 0. The summed E-state index contributed by atoms with van der Waals surface area (Å²) >= 11 is 1.42. The molecule has 144 valence electrons. The number of likely N-dealkylation sites (N-methyl/N-ethyl adjacent to an activating group) is 1. The summed E-state index contributed by atoms with van der Waals surface area (Å²) in [4.78, 5) is 21.4. The zero-order valence-electron chi connectivity index (χ0n) is 15.1. The lowest BCUT2D eigenvalue weighted by molar-refractivity contribution is -0.169. The molecule has 0 radical (unpaired) electrons. The van der Waals surface area contributed by atoms with Crippen molar-refractivity contribution in [2.45, 2.75) is 6.04 Å². The van der Waals surface area contributed by atoms with Crippen molar-refractivity contribution >= 4 is 22.7 Å². The van der Waals surface area contributed by atoms with Gasteiger partial charge in [-0.1, -0.05) is 0 Å². The second-order valence-corrected chi connectivity index (χ2v) is 6.42. The van der Waals surface area contributed by atoms with Gasteiger partial charge < -0.3 is 19.3 Å². The third-order valence-electron chi connectivity index (χ3n) is 3.65. The number of benzene rings is 1. The molecule has 1 amide bonds. The lowest BCUT2D eigenvalue weighted by Crippen LogP contribution is -2.34. The number of ether oxygens (including phenoxy) is 3. The van der Waals surface area contributed by atoms with Crippen molar-refractivity contribution in [2.75, 3.05) is 53.4 Å². The molecule has 9 heteroatoms. The fraction of sp³-hybridized carbons (Fsp3) is 0.529. The van der Waals surface area contributed by atoms with Gasteiger partial charge in [-0.3, -0.25) is 14.6 Å². The first-order valence-corrected chi connectivity index (χ1v) is 9.10. The zero-order valence-corrected chi connectivity index (χ0v) is 16.0. The zero-order chi connectivity index (χ0) is 18.9. The van der Waals surface area contributed by atoms with E-state index in [0.717, 1.165) is 5.06 Å². The van der Waals surface area contributed by atoms with Crippen LogP contribution in [0.15, 0.2) is 23.2 Å². The predicted octanol–water partition coefficient (Wildman–Crippen LogP) is 1.32. The van der Waals surface area contributed by atoms with Crippen molar-refractivity contribution < 1.29 is 28.9 Å². The van der Waals surface area contributed by atoms with Gasteiger partial charge in [-0.05, 0) is 12.1 Å². The predicted molar refractivity (Wildman–Crippen MR) is 98.9 cm³/mol. The van der Waals surface area contributed by atoms with Crippen molar-refractivity contribution in [1.29, 1.82) is 0 Å². The minimum Gasteiger partial charge on any atom is -0.507 e. The Morgan fingerprint density at radius 3 is 2.77 bits per heavy atom. The van der Waals surface area contributed by atoms with E-state index in [1.54, 1.807) is 26.3 Å². The van der Waals surface area contributed by atoms with Crippen molar-refractivity contribution in [3.05, 3.63) is 23.8 Å². The van der Waals surface area contributed by atoms with Crippen LogP contribution in [0.2, 0.25) is 0 Å². The average molecular weight is 384 g/mol. The van der Waals surface area contributed by atoms with Gasteiger partial charge in [0.15, 0.2) is 0 Å². The van der Waals surface area contributed by atoms with Crippen LogP contribution in [-0.2, 0) is 19.1 Å². The molecule has 1 heterocycles. The van der Waals surface area contributed by atoms with E-state index in [1.807, 2.05) is 0 Å². The van der Waals surface area contributed by atoms with Crippen LogP contribution in [0, 0.1) is 0 Å². The van der Waals surface area contributed by atoms with Gasteiger partial charge in [0.25, 0.3) is 5.91 Å². The Morgan fingerprint density at radius 1 is 1.31 bits per heavy atom. The highest BCUT2D eigenvalue weighted by atomic mass is 32.2. The minimum absolute atomic E-state index is 0.0576. The molecule has 1 aliphatic heterocycles. The summed E-state index contributed by atoms with van der Waals surface area (Å²) < 4.78 is 15.7. The first kappa shape index (κ1) is 20.5. The summed E-state index contributed by atoms with van der Waals surface area (Å²) in [6.45, 7) is 1.86. The van der Waals surface area contributed by atoms with Gasteiger partial charge >= 0.3 is 0 Å². The van der Waals surface area contributed by atoms with Gasteiger partial charge in [-0.15, -0.1) is 11.8 Å². The molecular weight excluding hydrogens is 360 g/mol. The maximum absolute atomic E-state index is 12.1. The van der Waals surface area contributed by atoms with Gasteiger partial charge in [0.05, 0.1) is 26.9 Å². The molecule has 2 rings (SSSR count). The smallest absolute Gasteiger partial charge is 0.271 e. The van der Waals surface area contributed by atoms with Crippen LogP contribution in [0.25, 0.3) is 0 Å². The van der Waals surface area contributed by atoms with E-state index in [9.17, 15) is 9.90 Å². The van der Waals surface area contributed by atoms with E-state index < -0.39 is 6.04 Å². The molecular formula is C17H24N2O6S. The summed E-state index contributed by atoms with van der Waals surface area (Å²) in [5.41, 5.74) is 0.578. The number of hydroxylamine groups is 2. The standard InChI is InChI=1S/C17H24N2O6S/c1-19(23-3)17(21)14-11-26-16(18-14)13-5-4-12(10-15(13)20)25-9-8-24-7-6-22-2/h4-5,10,14,20H,6-9,11H2,1-3H3/t14-/m0/s1. The highest BCUT2D eigenvalue weighted by Crippen LogP contribution is 2.31. The molecule has 0 saturated carbocycles. The number of aliphatic imine (C=N–C) groups is 1. The molecule has 8 nitrogen and oxygen atoms in total. The molecule has 0 fully saturated rings. The van der Waals surface area contributed by atoms with Crippen LogP contribution in [0.1, 0.15) is 5.56 Å². The van der Waals surface area contributed by atoms with Crippen molar-refractivity contribution in [3.8, 4) is 11.5 Å². The number of hydrogen-bond acceptors (Lipinski definition) is 8. The van der Waals surface area contributed by atoms with Crippen LogP contribution >= 0.6 is 11.8 Å². The quantitative estimate of drug-likeness (QED) is 0.481. The summed E-state index contributed by atoms with van der Waals surface area (Å²) in [6, 6.07) is 4.50. The SMILES string of the molecule is COCCOCCOc1ccc(C2=N[C@H](C(=O)N(C)OC)CS2)c(O)c1. The fourth-order valence-corrected chi connectivity index (χ4v) is 3.26. The molecule has 1 atom stereocenters. The van der Waals surface area contributed by atoms with Crippen LogP contribution < -0.4 is 4.74 Å². The van der Waals surface area contributed by atoms with Gasteiger partial charge in [-0.25, -0.2) is 5.06 Å². The van der Waals surface area contributed by atoms with E-state index >= 15 is 0 Å².